The van der Waals surface area contributed by atoms with Crippen molar-refractivity contribution in [2.24, 2.45) is 5.73 Å². The maximum Gasteiger partial charge on any atom is 0.405 e. The fraction of sp³-hybridized carbons (Fsp3) is 0.467. The molecule has 1 amide bonds. The van der Waals surface area contributed by atoms with Gasteiger partial charge in [-0.3, -0.25) is 4.72 Å². The Hall–Kier alpha value is -1.93. The predicted molar refractivity (Wildman–Crippen MR) is 93.9 cm³/mol. The lowest BCUT2D eigenvalue weighted by molar-refractivity contribution is 0.0951. The van der Waals surface area contributed by atoms with Gasteiger partial charge in [0.25, 0.3) is 0 Å². The number of nitrogen functional groups attached to an aromatic ring is 1. The number of anilines is 1. The summed E-state index contributed by atoms with van der Waals surface area (Å²) >= 11 is 1.69. The molecule has 0 saturated carbocycles. The molecule has 0 bridgehead atoms. The summed E-state index contributed by atoms with van der Waals surface area (Å²) in [6.45, 7) is 3.01. The molecule has 6 N–H and O–H groups in total. The lowest BCUT2D eigenvalue weighted by atomic mass is 10.1. The highest BCUT2D eigenvalue weighted by Crippen LogP contribution is 2.26. The SMILES string of the molecule is CCSNCCCCC(OC(N)=O)c1nc2c(N)cccc2[nH]1. The molecule has 126 valence electrons. The third kappa shape index (κ3) is 5.04. The minimum atomic E-state index is -0.803. The average molecular weight is 337 g/mol. The predicted octanol–water partition coefficient (Wildman–Crippen LogP) is 2.71. The molecular formula is C15H23N5O2S. The Morgan fingerprint density at radius 1 is 1.48 bits per heavy atom. The van der Waals surface area contributed by atoms with E-state index in [9.17, 15) is 4.79 Å². The Bertz CT molecular complexity index is 646. The van der Waals surface area contributed by atoms with Gasteiger partial charge >= 0.3 is 6.09 Å². The van der Waals surface area contributed by atoms with Crippen molar-refractivity contribution in [3.63, 3.8) is 0 Å². The molecule has 0 saturated heterocycles. The first kappa shape index (κ1) is 17.4. The van der Waals surface area contributed by atoms with Crippen LogP contribution in [-0.2, 0) is 4.74 Å². The quantitative estimate of drug-likeness (QED) is 0.317. The van der Waals surface area contributed by atoms with Crippen molar-refractivity contribution in [3.8, 4) is 0 Å². The number of H-pyrrole nitrogens is 1. The number of nitrogens with two attached hydrogens (primary N) is 2. The molecule has 0 aliphatic heterocycles. The summed E-state index contributed by atoms with van der Waals surface area (Å²) < 4.78 is 8.47. The fourth-order valence-electron chi connectivity index (χ4n) is 2.32. The van der Waals surface area contributed by atoms with Crippen molar-refractivity contribution in [2.75, 3.05) is 18.0 Å². The zero-order chi connectivity index (χ0) is 16.7. The van der Waals surface area contributed by atoms with Crippen molar-refractivity contribution >= 4 is 34.8 Å². The van der Waals surface area contributed by atoms with E-state index >= 15 is 0 Å². The van der Waals surface area contributed by atoms with Gasteiger partial charge in [0.1, 0.15) is 11.3 Å². The first-order valence-corrected chi connectivity index (χ1v) is 8.65. The van der Waals surface area contributed by atoms with Gasteiger partial charge < -0.3 is 21.2 Å². The van der Waals surface area contributed by atoms with Gasteiger partial charge in [-0.15, -0.1) is 0 Å². The van der Waals surface area contributed by atoms with Gasteiger partial charge in [-0.1, -0.05) is 24.9 Å². The zero-order valence-corrected chi connectivity index (χ0v) is 14.0. The van der Waals surface area contributed by atoms with E-state index in [0.29, 0.717) is 23.4 Å². The monoisotopic (exact) mass is 337 g/mol. The number of aromatic amines is 1. The largest absolute Gasteiger partial charge is 0.438 e. The number of nitrogens with one attached hydrogen (secondary N) is 2. The number of carbonyl (C=O) groups excluding carboxylic acids is 1. The first-order chi connectivity index (χ1) is 11.1. The second-order valence-electron chi connectivity index (χ2n) is 5.11. The van der Waals surface area contributed by atoms with Gasteiger partial charge in [-0.2, -0.15) is 0 Å². The van der Waals surface area contributed by atoms with Crippen molar-refractivity contribution in [1.29, 1.82) is 0 Å². The van der Waals surface area contributed by atoms with Gasteiger partial charge in [0.05, 0.1) is 11.2 Å². The number of amides is 1. The van der Waals surface area contributed by atoms with Gasteiger partial charge in [-0.05, 0) is 31.4 Å². The maximum atomic E-state index is 11.2. The Labute approximate surface area is 139 Å². The molecule has 2 aromatic rings. The number of benzene rings is 1. The third-order valence-corrected chi connectivity index (χ3v) is 4.06. The second kappa shape index (κ2) is 8.64. The highest BCUT2D eigenvalue weighted by Gasteiger charge is 2.19. The van der Waals surface area contributed by atoms with Crippen LogP contribution in [0.3, 0.4) is 0 Å². The Kier molecular flexibility index (Phi) is 6.54. The van der Waals surface area contributed by atoms with Crippen molar-refractivity contribution in [3.05, 3.63) is 24.0 Å². The normalized spacial score (nSPS) is 12.4. The molecule has 1 atom stereocenters. The number of carbonyl (C=O) groups is 1. The summed E-state index contributed by atoms with van der Waals surface area (Å²) in [5.74, 6) is 1.61. The van der Waals surface area contributed by atoms with Crippen molar-refractivity contribution in [1.82, 2.24) is 14.7 Å². The van der Waals surface area contributed by atoms with Gasteiger partial charge in [0.2, 0.25) is 0 Å². The van der Waals surface area contributed by atoms with E-state index in [1.807, 2.05) is 12.1 Å². The van der Waals surface area contributed by atoms with Crippen LogP contribution in [0.4, 0.5) is 10.5 Å². The number of hydrogen-bond acceptors (Lipinski definition) is 6. The molecule has 0 fully saturated rings. The maximum absolute atomic E-state index is 11.2. The average Bonchev–Trinajstić information content (AvgIpc) is 2.94. The standard InChI is InChI=1S/C15H23N5O2S/c1-2-23-18-9-4-3-8-12(22-15(17)21)14-19-11-7-5-6-10(16)13(11)20-14/h5-7,12,18H,2-4,8-9,16H2,1H3,(H2,17,21)(H,19,20). The van der Waals surface area contributed by atoms with E-state index in [2.05, 4.69) is 21.6 Å². The number of ether oxygens (including phenoxy) is 1. The topological polar surface area (TPSA) is 119 Å². The summed E-state index contributed by atoms with van der Waals surface area (Å²) in [6, 6.07) is 5.52. The number of rotatable bonds is 9. The van der Waals surface area contributed by atoms with E-state index in [4.69, 9.17) is 16.2 Å². The zero-order valence-electron chi connectivity index (χ0n) is 13.2. The molecule has 0 aliphatic rings. The Morgan fingerprint density at radius 3 is 3.00 bits per heavy atom. The first-order valence-electron chi connectivity index (χ1n) is 7.66. The van der Waals surface area contributed by atoms with Crippen LogP contribution in [0.25, 0.3) is 11.0 Å². The molecule has 1 unspecified atom stereocenters. The minimum absolute atomic E-state index is 0.488. The van der Waals surface area contributed by atoms with E-state index in [1.54, 1.807) is 18.0 Å². The molecule has 1 aromatic heterocycles. The number of unbranched alkanes of at least 4 members (excludes halogenated alkanes) is 1. The molecule has 0 aliphatic carbocycles. The number of hydrogen-bond donors (Lipinski definition) is 4. The van der Waals surface area contributed by atoms with Gasteiger partial charge in [-0.25, -0.2) is 9.78 Å². The fourth-order valence-corrected chi connectivity index (χ4v) is 2.81. The van der Waals surface area contributed by atoms with E-state index in [-0.39, 0.29) is 0 Å². The number of imidazole rings is 1. The van der Waals surface area contributed by atoms with Crippen LogP contribution in [0.15, 0.2) is 18.2 Å². The van der Waals surface area contributed by atoms with Gasteiger partial charge in [0.15, 0.2) is 6.10 Å². The highest BCUT2D eigenvalue weighted by molar-refractivity contribution is 7.97. The summed E-state index contributed by atoms with van der Waals surface area (Å²) in [6.07, 6.45) is 1.23. The molecular weight excluding hydrogens is 314 g/mol. The number of para-hydroxylation sites is 1. The third-order valence-electron chi connectivity index (χ3n) is 3.37. The Morgan fingerprint density at radius 2 is 2.30 bits per heavy atom. The van der Waals surface area contributed by atoms with Crippen molar-refractivity contribution < 1.29 is 9.53 Å². The van der Waals surface area contributed by atoms with E-state index in [1.165, 1.54) is 0 Å². The summed E-state index contributed by atoms with van der Waals surface area (Å²) in [4.78, 5) is 18.8. The van der Waals surface area contributed by atoms with Crippen LogP contribution in [0.1, 0.15) is 38.1 Å². The van der Waals surface area contributed by atoms with Crippen LogP contribution in [0.2, 0.25) is 0 Å². The number of fused-ring (bicyclic) bond motifs is 1. The lowest BCUT2D eigenvalue weighted by Gasteiger charge is -2.14. The lowest BCUT2D eigenvalue weighted by Crippen LogP contribution is -2.18. The highest BCUT2D eigenvalue weighted by atomic mass is 32.2. The molecule has 8 heteroatoms. The molecule has 0 radical (unpaired) electrons. The smallest absolute Gasteiger partial charge is 0.405 e. The number of primary amides is 1. The van der Waals surface area contributed by atoms with Crippen LogP contribution in [0, 0.1) is 0 Å². The summed E-state index contributed by atoms with van der Waals surface area (Å²) in [5.41, 5.74) is 13.2. The Balaban J connectivity index is 2.01. The summed E-state index contributed by atoms with van der Waals surface area (Å²) in [7, 11) is 0. The van der Waals surface area contributed by atoms with E-state index in [0.717, 1.165) is 30.7 Å². The van der Waals surface area contributed by atoms with Gasteiger partial charge in [0, 0.05) is 12.3 Å². The molecule has 2 rings (SSSR count). The van der Waals surface area contributed by atoms with Crippen molar-refractivity contribution in [2.45, 2.75) is 32.3 Å². The van der Waals surface area contributed by atoms with Crippen LogP contribution >= 0.6 is 11.9 Å². The molecule has 0 spiro atoms. The van der Waals surface area contributed by atoms with Crippen LogP contribution in [0.5, 0.6) is 0 Å². The molecule has 7 nitrogen and oxygen atoms in total. The molecule has 1 heterocycles. The van der Waals surface area contributed by atoms with E-state index < -0.39 is 12.2 Å². The second-order valence-corrected chi connectivity index (χ2v) is 6.27. The number of nitrogens with zero attached hydrogens (tertiary/aromatic N) is 1. The van der Waals surface area contributed by atoms with Crippen LogP contribution in [-0.4, -0.2) is 28.4 Å². The summed E-state index contributed by atoms with van der Waals surface area (Å²) in [5, 5.41) is 0. The number of aromatic nitrogens is 2. The van der Waals surface area contributed by atoms with Crippen LogP contribution < -0.4 is 16.2 Å². The molecule has 23 heavy (non-hydrogen) atoms. The minimum Gasteiger partial charge on any atom is -0.438 e. The molecule has 1 aromatic carbocycles.